The molecule has 0 spiro atoms. The van der Waals surface area contributed by atoms with Crippen molar-refractivity contribution in [2.45, 2.75) is 45.1 Å². The molecule has 3 aromatic heterocycles. The number of nitrogens with zero attached hydrogens (tertiary/aromatic N) is 7. The zero-order valence-corrected chi connectivity index (χ0v) is 16.8. The van der Waals surface area contributed by atoms with E-state index >= 15 is 0 Å². The lowest BCUT2D eigenvalue weighted by Gasteiger charge is -2.12. The standard InChI is InChI=1S/C20H22N8O2/c1-3-29-16-8-6-15(7-9-16)28-18-17(25-27-28)11-21-20(23-18)22-14-5-4-13(10-14)19-26-24-12(2)30-19/h6-9,11,13-14H,3-5,10H2,1-2H3,(H,21,22,23)/t13-,14-/m1/s1. The van der Waals surface area contributed by atoms with Crippen molar-refractivity contribution in [2.75, 3.05) is 11.9 Å². The lowest BCUT2D eigenvalue weighted by Crippen LogP contribution is -2.17. The van der Waals surface area contributed by atoms with E-state index in [2.05, 4.69) is 35.8 Å². The van der Waals surface area contributed by atoms with Crippen molar-refractivity contribution in [1.82, 2.24) is 35.2 Å². The Labute approximate surface area is 172 Å². The fourth-order valence-corrected chi connectivity index (χ4v) is 3.82. The number of fused-ring (bicyclic) bond motifs is 1. The summed E-state index contributed by atoms with van der Waals surface area (Å²) in [5, 5.41) is 19.9. The molecule has 0 radical (unpaired) electrons. The van der Waals surface area contributed by atoms with E-state index in [0.717, 1.165) is 30.7 Å². The lowest BCUT2D eigenvalue weighted by molar-refractivity contribution is 0.340. The van der Waals surface area contributed by atoms with E-state index in [-0.39, 0.29) is 12.0 Å². The third-order valence-corrected chi connectivity index (χ3v) is 5.24. The summed E-state index contributed by atoms with van der Waals surface area (Å²) < 4.78 is 12.8. The van der Waals surface area contributed by atoms with E-state index in [4.69, 9.17) is 9.15 Å². The number of rotatable bonds is 6. The number of hydrogen-bond acceptors (Lipinski definition) is 9. The van der Waals surface area contributed by atoms with Gasteiger partial charge in [0.1, 0.15) is 5.75 Å². The SMILES string of the molecule is CCOc1ccc(-n2nnc3cnc(N[C@@H]4CC[C@@H](c5nnc(C)o5)C4)nc32)cc1. The van der Waals surface area contributed by atoms with Gasteiger partial charge in [0.15, 0.2) is 11.2 Å². The van der Waals surface area contributed by atoms with Gasteiger partial charge in [-0.2, -0.15) is 9.67 Å². The molecule has 2 atom stereocenters. The topological polar surface area (TPSA) is 117 Å². The van der Waals surface area contributed by atoms with Gasteiger partial charge in [-0.25, -0.2) is 4.98 Å². The summed E-state index contributed by atoms with van der Waals surface area (Å²) in [5.74, 6) is 2.96. The van der Waals surface area contributed by atoms with Crippen molar-refractivity contribution < 1.29 is 9.15 Å². The fraction of sp³-hybridized carbons (Fsp3) is 0.400. The second-order valence-electron chi connectivity index (χ2n) is 7.34. The van der Waals surface area contributed by atoms with Crippen LogP contribution >= 0.6 is 0 Å². The number of aryl methyl sites for hydroxylation is 1. The molecule has 0 aliphatic heterocycles. The zero-order chi connectivity index (χ0) is 20.5. The Balaban J connectivity index is 1.34. The monoisotopic (exact) mass is 406 g/mol. The smallest absolute Gasteiger partial charge is 0.225 e. The summed E-state index contributed by atoms with van der Waals surface area (Å²) in [5.41, 5.74) is 2.15. The van der Waals surface area contributed by atoms with Crippen LogP contribution in [0.25, 0.3) is 16.9 Å². The van der Waals surface area contributed by atoms with Gasteiger partial charge < -0.3 is 14.5 Å². The highest BCUT2D eigenvalue weighted by atomic mass is 16.5. The first kappa shape index (κ1) is 18.5. The van der Waals surface area contributed by atoms with Gasteiger partial charge in [0.05, 0.1) is 18.5 Å². The first-order valence-corrected chi connectivity index (χ1v) is 10.1. The summed E-state index contributed by atoms with van der Waals surface area (Å²) in [7, 11) is 0. The molecule has 1 aliphatic rings. The van der Waals surface area contributed by atoms with Gasteiger partial charge in [0.25, 0.3) is 0 Å². The summed E-state index contributed by atoms with van der Waals surface area (Å²) in [6.07, 6.45) is 4.58. The average Bonchev–Trinajstić information content (AvgIpc) is 3.48. The van der Waals surface area contributed by atoms with Crippen LogP contribution in [0.2, 0.25) is 0 Å². The molecule has 0 amide bonds. The quantitative estimate of drug-likeness (QED) is 0.515. The molecule has 1 N–H and O–H groups in total. The molecule has 3 heterocycles. The molecule has 5 rings (SSSR count). The van der Waals surface area contributed by atoms with Crippen LogP contribution in [0.5, 0.6) is 5.75 Å². The van der Waals surface area contributed by atoms with Gasteiger partial charge in [-0.05, 0) is 50.5 Å². The Morgan fingerprint density at radius 1 is 1.17 bits per heavy atom. The zero-order valence-electron chi connectivity index (χ0n) is 16.8. The van der Waals surface area contributed by atoms with Crippen molar-refractivity contribution in [1.29, 1.82) is 0 Å². The van der Waals surface area contributed by atoms with Crippen molar-refractivity contribution in [3.8, 4) is 11.4 Å². The van der Waals surface area contributed by atoms with E-state index in [1.165, 1.54) is 0 Å². The van der Waals surface area contributed by atoms with Crippen molar-refractivity contribution in [3.63, 3.8) is 0 Å². The van der Waals surface area contributed by atoms with Crippen LogP contribution in [-0.2, 0) is 0 Å². The number of anilines is 1. The summed E-state index contributed by atoms with van der Waals surface area (Å²) in [6.45, 7) is 4.40. The Morgan fingerprint density at radius 3 is 2.80 bits per heavy atom. The summed E-state index contributed by atoms with van der Waals surface area (Å²) in [6, 6.07) is 7.93. The van der Waals surface area contributed by atoms with Gasteiger partial charge in [-0.15, -0.1) is 15.3 Å². The van der Waals surface area contributed by atoms with E-state index in [9.17, 15) is 0 Å². The average molecular weight is 406 g/mol. The molecule has 0 bridgehead atoms. The molecule has 154 valence electrons. The first-order chi connectivity index (χ1) is 14.7. The predicted octanol–water partition coefficient (Wildman–Crippen LogP) is 3.05. The van der Waals surface area contributed by atoms with E-state index < -0.39 is 0 Å². The van der Waals surface area contributed by atoms with Crippen LogP contribution in [0.15, 0.2) is 34.9 Å². The van der Waals surface area contributed by atoms with Crippen LogP contribution in [-0.4, -0.2) is 47.8 Å². The molecule has 1 aliphatic carbocycles. The Morgan fingerprint density at radius 2 is 2.03 bits per heavy atom. The molecule has 10 nitrogen and oxygen atoms in total. The van der Waals surface area contributed by atoms with Crippen LogP contribution in [0.4, 0.5) is 5.95 Å². The van der Waals surface area contributed by atoms with Gasteiger partial charge in [0.2, 0.25) is 17.7 Å². The Bertz CT molecular complexity index is 1150. The van der Waals surface area contributed by atoms with E-state index in [1.54, 1.807) is 10.9 Å². The van der Waals surface area contributed by atoms with E-state index in [1.807, 2.05) is 38.1 Å². The predicted molar refractivity (Wildman–Crippen MR) is 109 cm³/mol. The first-order valence-electron chi connectivity index (χ1n) is 10.1. The van der Waals surface area contributed by atoms with Gasteiger partial charge in [0, 0.05) is 18.9 Å². The highest BCUT2D eigenvalue weighted by Gasteiger charge is 2.30. The molecule has 10 heteroatoms. The normalized spacial score (nSPS) is 18.7. The molecule has 4 aromatic rings. The maximum atomic E-state index is 5.59. The maximum Gasteiger partial charge on any atom is 0.225 e. The van der Waals surface area contributed by atoms with Gasteiger partial charge in [-0.3, -0.25) is 0 Å². The van der Waals surface area contributed by atoms with Crippen molar-refractivity contribution >= 4 is 17.1 Å². The number of ether oxygens (including phenoxy) is 1. The van der Waals surface area contributed by atoms with Crippen LogP contribution in [0.3, 0.4) is 0 Å². The third kappa shape index (κ3) is 3.56. The third-order valence-electron chi connectivity index (χ3n) is 5.24. The molecular formula is C20H22N8O2. The lowest BCUT2D eigenvalue weighted by atomic mass is 10.1. The fourth-order valence-electron chi connectivity index (χ4n) is 3.82. The summed E-state index contributed by atoms with van der Waals surface area (Å²) in [4.78, 5) is 9.08. The number of nitrogens with one attached hydrogen (secondary N) is 1. The second kappa shape index (κ2) is 7.69. The van der Waals surface area contributed by atoms with Crippen LogP contribution < -0.4 is 10.1 Å². The molecule has 30 heavy (non-hydrogen) atoms. The number of benzene rings is 1. The van der Waals surface area contributed by atoms with Crippen molar-refractivity contribution in [3.05, 3.63) is 42.2 Å². The number of hydrogen-bond donors (Lipinski definition) is 1. The minimum atomic E-state index is 0.245. The van der Waals surface area contributed by atoms with Crippen LogP contribution in [0.1, 0.15) is 43.9 Å². The summed E-state index contributed by atoms with van der Waals surface area (Å²) >= 11 is 0. The highest BCUT2D eigenvalue weighted by molar-refractivity contribution is 5.72. The minimum absolute atomic E-state index is 0.245. The largest absolute Gasteiger partial charge is 0.494 e. The minimum Gasteiger partial charge on any atom is -0.494 e. The molecule has 1 aromatic carbocycles. The number of aromatic nitrogens is 7. The van der Waals surface area contributed by atoms with Gasteiger partial charge in [-0.1, -0.05) is 5.21 Å². The van der Waals surface area contributed by atoms with Gasteiger partial charge >= 0.3 is 0 Å². The van der Waals surface area contributed by atoms with Crippen molar-refractivity contribution in [2.24, 2.45) is 0 Å². The van der Waals surface area contributed by atoms with E-state index in [0.29, 0.717) is 35.5 Å². The Kier molecular flexibility index (Phi) is 4.74. The molecule has 1 saturated carbocycles. The Hall–Kier alpha value is -3.56. The molecular weight excluding hydrogens is 384 g/mol. The maximum absolute atomic E-state index is 5.59. The van der Waals surface area contributed by atoms with Crippen LogP contribution in [0, 0.1) is 6.92 Å². The molecule has 0 unspecified atom stereocenters. The molecule has 1 fully saturated rings. The second-order valence-corrected chi connectivity index (χ2v) is 7.34. The highest BCUT2D eigenvalue weighted by Crippen LogP contribution is 2.34. The molecule has 0 saturated heterocycles.